The maximum atomic E-state index is 12.2. The summed E-state index contributed by atoms with van der Waals surface area (Å²) in [5, 5.41) is 3.01. The number of benzene rings is 1. The molecule has 1 aromatic rings. The molecule has 5 nitrogen and oxygen atoms in total. The van der Waals surface area contributed by atoms with Crippen molar-refractivity contribution in [1.82, 2.24) is 5.32 Å². The molecule has 0 aromatic heterocycles. The largest absolute Gasteiger partial charge is 0.496 e. The predicted octanol–water partition coefficient (Wildman–Crippen LogP) is 3.34. The minimum absolute atomic E-state index is 0.173. The molecule has 0 bridgehead atoms. The van der Waals surface area contributed by atoms with Crippen molar-refractivity contribution in [2.75, 3.05) is 7.11 Å². The highest BCUT2D eigenvalue weighted by molar-refractivity contribution is 5.90. The molecule has 1 N–H and O–H groups in total. The molecule has 1 aliphatic carbocycles. The SMILES string of the molecule is COc1ccccc1/C=C/C(=O)O[C@H](C)C(=O)N[C@H]1CCCC[C@@H]1C. The van der Waals surface area contributed by atoms with Gasteiger partial charge in [0.25, 0.3) is 5.91 Å². The van der Waals surface area contributed by atoms with Crippen molar-refractivity contribution in [3.05, 3.63) is 35.9 Å². The van der Waals surface area contributed by atoms with Crippen LogP contribution in [0.25, 0.3) is 6.08 Å². The van der Waals surface area contributed by atoms with Crippen LogP contribution in [0.3, 0.4) is 0 Å². The van der Waals surface area contributed by atoms with Crippen molar-refractivity contribution in [2.24, 2.45) is 5.92 Å². The molecule has 0 saturated heterocycles. The molecule has 1 aliphatic rings. The topological polar surface area (TPSA) is 64.6 Å². The number of esters is 1. The first kappa shape index (κ1) is 19.0. The summed E-state index contributed by atoms with van der Waals surface area (Å²) in [6.45, 7) is 3.74. The number of hydrogen-bond donors (Lipinski definition) is 1. The molecule has 0 aliphatic heterocycles. The molecule has 1 amide bonds. The zero-order valence-corrected chi connectivity index (χ0v) is 15.2. The molecule has 1 saturated carbocycles. The second-order valence-corrected chi connectivity index (χ2v) is 6.53. The van der Waals surface area contributed by atoms with Crippen LogP contribution in [0.5, 0.6) is 5.75 Å². The van der Waals surface area contributed by atoms with Gasteiger partial charge in [-0.15, -0.1) is 0 Å². The third-order valence-electron chi connectivity index (χ3n) is 4.64. The minimum Gasteiger partial charge on any atom is -0.496 e. The molecule has 1 fully saturated rings. The third-order valence-corrected chi connectivity index (χ3v) is 4.64. The first-order chi connectivity index (χ1) is 12.0. The molecular weight excluding hydrogens is 318 g/mol. The van der Waals surface area contributed by atoms with E-state index in [4.69, 9.17) is 9.47 Å². The highest BCUT2D eigenvalue weighted by atomic mass is 16.5. The van der Waals surface area contributed by atoms with Gasteiger partial charge in [-0.1, -0.05) is 38.0 Å². The van der Waals surface area contributed by atoms with Gasteiger partial charge in [-0.05, 0) is 37.8 Å². The van der Waals surface area contributed by atoms with Gasteiger partial charge < -0.3 is 14.8 Å². The summed E-state index contributed by atoms with van der Waals surface area (Å²) < 4.78 is 10.4. The first-order valence-electron chi connectivity index (χ1n) is 8.83. The first-order valence-corrected chi connectivity index (χ1v) is 8.83. The molecule has 136 valence electrons. The summed E-state index contributed by atoms with van der Waals surface area (Å²) in [4.78, 5) is 24.2. The molecule has 5 heteroatoms. The number of carbonyl (C=O) groups excluding carboxylic acids is 2. The fraction of sp³-hybridized carbons (Fsp3) is 0.500. The van der Waals surface area contributed by atoms with Gasteiger partial charge in [0, 0.05) is 17.7 Å². The van der Waals surface area contributed by atoms with Crippen molar-refractivity contribution < 1.29 is 19.1 Å². The maximum Gasteiger partial charge on any atom is 0.331 e. The van der Waals surface area contributed by atoms with Crippen LogP contribution in [0.15, 0.2) is 30.3 Å². The molecule has 0 unspecified atom stereocenters. The Balaban J connectivity index is 1.86. The molecule has 3 atom stereocenters. The van der Waals surface area contributed by atoms with Gasteiger partial charge in [-0.25, -0.2) is 4.79 Å². The lowest BCUT2D eigenvalue weighted by atomic mass is 9.86. The van der Waals surface area contributed by atoms with Gasteiger partial charge in [0.1, 0.15) is 5.75 Å². The van der Waals surface area contributed by atoms with E-state index >= 15 is 0 Å². The Hall–Kier alpha value is -2.30. The van der Waals surface area contributed by atoms with Crippen molar-refractivity contribution in [3.63, 3.8) is 0 Å². The van der Waals surface area contributed by atoms with Crippen LogP contribution in [-0.2, 0) is 14.3 Å². The Kier molecular flexibility index (Phi) is 7.04. The monoisotopic (exact) mass is 345 g/mol. The minimum atomic E-state index is -0.816. The summed E-state index contributed by atoms with van der Waals surface area (Å²) in [6.07, 6.45) is 6.57. The average molecular weight is 345 g/mol. The molecule has 2 rings (SSSR count). The van der Waals surface area contributed by atoms with Crippen molar-refractivity contribution in [1.29, 1.82) is 0 Å². The third kappa shape index (κ3) is 5.62. The van der Waals surface area contributed by atoms with E-state index in [-0.39, 0.29) is 11.9 Å². The zero-order valence-electron chi connectivity index (χ0n) is 15.2. The predicted molar refractivity (Wildman–Crippen MR) is 97.1 cm³/mol. The maximum absolute atomic E-state index is 12.2. The molecule has 25 heavy (non-hydrogen) atoms. The van der Waals surface area contributed by atoms with E-state index in [9.17, 15) is 9.59 Å². The smallest absolute Gasteiger partial charge is 0.331 e. The van der Waals surface area contributed by atoms with Crippen LogP contribution < -0.4 is 10.1 Å². The molecule has 0 spiro atoms. The van der Waals surface area contributed by atoms with E-state index in [0.717, 1.165) is 24.8 Å². The van der Waals surface area contributed by atoms with Crippen LogP contribution in [0.2, 0.25) is 0 Å². The summed E-state index contributed by atoms with van der Waals surface area (Å²) >= 11 is 0. The van der Waals surface area contributed by atoms with Crippen LogP contribution in [0.4, 0.5) is 0 Å². The second kappa shape index (κ2) is 9.25. The van der Waals surface area contributed by atoms with Gasteiger partial charge in [-0.2, -0.15) is 0 Å². The number of ether oxygens (including phenoxy) is 2. The number of para-hydroxylation sites is 1. The molecule has 0 heterocycles. The summed E-state index contributed by atoms with van der Waals surface area (Å²) in [7, 11) is 1.57. The summed E-state index contributed by atoms with van der Waals surface area (Å²) in [5.41, 5.74) is 0.773. The van der Waals surface area contributed by atoms with E-state index in [1.807, 2.05) is 24.3 Å². The Morgan fingerprint density at radius 2 is 1.96 bits per heavy atom. The Bertz CT molecular complexity index is 626. The number of rotatable bonds is 6. The average Bonchev–Trinajstić information content (AvgIpc) is 2.62. The highest BCUT2D eigenvalue weighted by Gasteiger charge is 2.25. The lowest BCUT2D eigenvalue weighted by Crippen LogP contribution is -2.45. The van der Waals surface area contributed by atoms with Gasteiger partial charge >= 0.3 is 5.97 Å². The van der Waals surface area contributed by atoms with E-state index in [2.05, 4.69) is 12.2 Å². The van der Waals surface area contributed by atoms with Gasteiger partial charge in [0.15, 0.2) is 6.10 Å². The normalized spacial score (nSPS) is 21.6. The Morgan fingerprint density at radius 1 is 1.24 bits per heavy atom. The number of amides is 1. The highest BCUT2D eigenvalue weighted by Crippen LogP contribution is 2.24. The van der Waals surface area contributed by atoms with Crippen molar-refractivity contribution >= 4 is 18.0 Å². The Morgan fingerprint density at radius 3 is 2.68 bits per heavy atom. The number of methoxy groups -OCH3 is 1. The van der Waals surface area contributed by atoms with Crippen molar-refractivity contribution in [3.8, 4) is 5.75 Å². The molecule has 1 aromatic carbocycles. The zero-order chi connectivity index (χ0) is 18.2. The molecular formula is C20H27NO4. The number of hydrogen-bond acceptors (Lipinski definition) is 4. The lowest BCUT2D eigenvalue weighted by Gasteiger charge is -2.30. The lowest BCUT2D eigenvalue weighted by molar-refractivity contribution is -0.150. The van der Waals surface area contributed by atoms with E-state index < -0.39 is 12.1 Å². The summed E-state index contributed by atoms with van der Waals surface area (Å²) in [5.74, 6) is 0.345. The van der Waals surface area contributed by atoms with Gasteiger partial charge in [0.05, 0.1) is 7.11 Å². The fourth-order valence-electron chi connectivity index (χ4n) is 3.06. The van der Waals surface area contributed by atoms with E-state index in [1.165, 1.54) is 12.5 Å². The van der Waals surface area contributed by atoms with Gasteiger partial charge in [-0.3, -0.25) is 4.79 Å². The second-order valence-electron chi connectivity index (χ2n) is 6.53. The van der Waals surface area contributed by atoms with Crippen molar-refractivity contribution in [2.45, 2.75) is 51.7 Å². The van der Waals surface area contributed by atoms with Crippen LogP contribution in [0, 0.1) is 5.92 Å². The summed E-state index contributed by atoms with van der Waals surface area (Å²) in [6, 6.07) is 7.53. The van der Waals surface area contributed by atoms with Crippen LogP contribution >= 0.6 is 0 Å². The number of carbonyl (C=O) groups is 2. The van der Waals surface area contributed by atoms with Gasteiger partial charge in [0.2, 0.25) is 0 Å². The molecule has 0 radical (unpaired) electrons. The standard InChI is InChI=1S/C20H27NO4/c1-14-8-4-6-10-17(14)21-20(23)15(2)25-19(22)13-12-16-9-5-7-11-18(16)24-3/h5,7,9,11-15,17H,4,6,8,10H2,1-3H3,(H,21,23)/b13-12+/t14-,15+,17-/m0/s1. The van der Waals surface area contributed by atoms with E-state index in [0.29, 0.717) is 11.7 Å². The van der Waals surface area contributed by atoms with Crippen LogP contribution in [-0.4, -0.2) is 31.1 Å². The number of nitrogens with one attached hydrogen (secondary N) is 1. The van der Waals surface area contributed by atoms with E-state index in [1.54, 1.807) is 20.1 Å². The quantitative estimate of drug-likeness (QED) is 0.634. The fourth-order valence-corrected chi connectivity index (χ4v) is 3.06. The van der Waals surface area contributed by atoms with Crippen LogP contribution in [0.1, 0.15) is 45.1 Å². The Labute approximate surface area is 149 Å².